The van der Waals surface area contributed by atoms with E-state index in [9.17, 15) is 0 Å². The number of aryl methyl sites for hydroxylation is 3. The molecular weight excluding hydrogens is 1860 g/mol. The maximum absolute atomic E-state index is 8.71. The molecule has 136 heavy (non-hydrogen) atoms. The van der Waals surface area contributed by atoms with E-state index in [1.165, 1.54) is 163 Å². The highest BCUT2D eigenvalue weighted by molar-refractivity contribution is 8.00. The molecule has 5 aliphatic rings. The van der Waals surface area contributed by atoms with E-state index >= 15 is 0 Å². The lowest BCUT2D eigenvalue weighted by atomic mass is 10.1. The smallest absolute Gasteiger partial charge is 0.200 e. The third-order valence-corrected chi connectivity index (χ3v) is 29.9. The fraction of sp³-hybridized carbons (Fsp3) is 0.0901. The van der Waals surface area contributed by atoms with Crippen LogP contribution in [0.5, 0.6) is 40.2 Å². The van der Waals surface area contributed by atoms with Crippen LogP contribution in [0.25, 0.3) is 52.2 Å². The van der Waals surface area contributed by atoms with Crippen molar-refractivity contribution in [1.29, 1.82) is 0 Å². The number of halogens is 1. The van der Waals surface area contributed by atoms with Crippen LogP contribution in [0.1, 0.15) is 16.4 Å². The molecule has 9 N–H and O–H groups in total. The van der Waals surface area contributed by atoms with Crippen molar-refractivity contribution < 1.29 is 30.3 Å². The summed E-state index contributed by atoms with van der Waals surface area (Å²) < 4.78 is 12.5. The van der Waals surface area contributed by atoms with Crippen molar-refractivity contribution in [3.05, 3.63) is 390 Å². The van der Waals surface area contributed by atoms with E-state index in [0.29, 0.717) is 0 Å². The van der Waals surface area contributed by atoms with Crippen LogP contribution in [0, 0.1) is 17.8 Å². The van der Waals surface area contributed by atoms with E-state index in [1.54, 1.807) is 57.9 Å². The summed E-state index contributed by atoms with van der Waals surface area (Å²) in [6, 6.07) is 125. The van der Waals surface area contributed by atoms with Crippen molar-refractivity contribution in [2.45, 2.75) is 59.4 Å². The zero-order valence-electron chi connectivity index (χ0n) is 75.4. The molecular formula is C111H99ClN10O6S8. The van der Waals surface area contributed by atoms with E-state index < -0.39 is 5.75 Å². The number of hydrogen-bond donors (Lipinski definition) is 8. The van der Waals surface area contributed by atoms with Crippen molar-refractivity contribution in [3.8, 4) is 40.2 Å². The standard InChI is InChI=1S/C17H20N2S.C13H12N2S.C13H11NS.C12H9NO.3C12H9NS.C8H7NS2.C6H6O3.C6H6O2.ClH/c1-18(2)12-7-13-19-14-8-3-5-10-16(14)20-17-11-6-4-9-15(17)19;1-15-10-4-2-3-5-12(10)16-13-8-9(14)6-7-11(13)15;1-14-10-6-2-4-8-12(10)15-13-9-5-3-7-11(13)14;1-3-7-11-9(5-1)13-10-6-2-4-8-12(10)14-11;1-8-13-12-10-5-3-2-4-9(10)6-7-11(12)14-8;1-8-13-11-7-6-9-4-2-3-5-10(9)12(11)14-8;1-3-7-11-9(5-1)13-10-6-2-4-8-12(10)14-11;1-9-6-4-2-3-5-7(6)11-8(9)10;7-4-2-1-3-5(8)6(4)9;7-5-3-1-2-4-6(5)8;/h3-6,8-11H,7,12-13H2,1-2H3;2-8H,14H2,1H3;2-9H,1H3;1-8,13H;2*2-7H,1H3;1-8,13H;2-5H,1H3;1-3,7-9H;1-4,7-8H;1H. The quantitative estimate of drug-likeness (QED) is 0.0469. The van der Waals surface area contributed by atoms with Gasteiger partial charge in [-0.1, -0.05) is 247 Å². The average Bonchev–Trinajstić information content (AvgIpc) is 0.963. The van der Waals surface area contributed by atoms with Crippen LogP contribution in [0.2, 0.25) is 0 Å². The topological polar surface area (TPSA) is 204 Å². The molecule has 17 aromatic carbocycles. The van der Waals surface area contributed by atoms with Crippen molar-refractivity contribution in [1.82, 2.24) is 19.4 Å². The molecule has 0 fully saturated rings. The maximum atomic E-state index is 8.71. The Labute approximate surface area is 832 Å². The molecule has 8 heterocycles. The van der Waals surface area contributed by atoms with Gasteiger partial charge in [-0.2, -0.15) is 0 Å². The molecule has 0 saturated heterocycles. The van der Waals surface area contributed by atoms with Gasteiger partial charge < -0.3 is 70.8 Å². The minimum Gasteiger partial charge on any atom is -0.504 e. The number of phenolic OH excluding ortho intramolecular Hbond substituents is 5. The van der Waals surface area contributed by atoms with Crippen LogP contribution in [0.15, 0.2) is 415 Å². The van der Waals surface area contributed by atoms with Crippen LogP contribution in [-0.2, 0) is 7.05 Å². The fourth-order valence-corrected chi connectivity index (χ4v) is 22.7. The number of rotatable bonds is 4. The van der Waals surface area contributed by atoms with E-state index in [1.807, 2.05) is 120 Å². The highest BCUT2D eigenvalue weighted by atomic mass is 35.5. The Balaban J connectivity index is 0.000000116. The first-order valence-electron chi connectivity index (χ1n) is 43.5. The Morgan fingerprint density at radius 1 is 0.375 bits per heavy atom. The number of benzene rings is 17. The predicted octanol–water partition coefficient (Wildman–Crippen LogP) is 31.9. The number of ether oxygens (including phenoxy) is 1. The number of nitrogen functional groups attached to an aromatic ring is 1. The maximum Gasteiger partial charge on any atom is 0.200 e. The minimum absolute atomic E-state index is 0. The third kappa shape index (κ3) is 23.8. The first-order valence-corrected chi connectivity index (χ1v) is 49.6. The second-order valence-corrected chi connectivity index (χ2v) is 39.9. The largest absolute Gasteiger partial charge is 0.504 e. The molecule has 25 heteroatoms. The Morgan fingerprint density at radius 3 is 1.31 bits per heavy atom. The van der Waals surface area contributed by atoms with Gasteiger partial charge in [0.1, 0.15) is 0 Å². The molecule has 25 rings (SSSR count). The van der Waals surface area contributed by atoms with Crippen LogP contribution >= 0.6 is 106 Å². The van der Waals surface area contributed by atoms with Gasteiger partial charge in [-0.25, -0.2) is 9.97 Å². The zero-order chi connectivity index (χ0) is 93.9. The first-order chi connectivity index (χ1) is 65.7. The second-order valence-electron chi connectivity index (χ2n) is 31.5. The Morgan fingerprint density at radius 2 is 0.779 bits per heavy atom. The Kier molecular flexibility index (Phi) is 32.9. The molecule has 5 aliphatic heterocycles. The molecule has 0 amide bonds. The van der Waals surface area contributed by atoms with Crippen molar-refractivity contribution in [2.75, 3.05) is 72.3 Å². The van der Waals surface area contributed by atoms with Gasteiger partial charge in [-0.15, -0.1) is 46.4 Å². The SMILES string of the molecule is CN(C)CCCN1c2ccccc2Sc2ccccc21.CN1c2ccccc2Sc2cc(N)ccc21.CN1c2ccccc2Sc2ccccc21.Cc1nc2c(ccc3ccccc32)s1.Cc1nc2ccc3ccccc3c2s1.Cl.Cn1c(=S)sc2ccccc21.Oc1cccc(O)c1O.Oc1ccccc1O.c1ccc2c(c1)Nc1ccccc1O2.c1ccc2c(c1)Nc1ccccc1S2. The van der Waals surface area contributed by atoms with Crippen LogP contribution in [-0.4, -0.2) is 86.2 Å². The number of nitrogens with one attached hydrogen (secondary N) is 2. The normalized spacial score (nSPS) is 11.8. The lowest BCUT2D eigenvalue weighted by molar-refractivity contribution is 0.368. The number of nitrogens with two attached hydrogens (primary N) is 1. The minimum atomic E-state index is -0.475. The van der Waals surface area contributed by atoms with Crippen LogP contribution < -0.4 is 35.8 Å². The molecule has 16 nitrogen and oxygen atoms in total. The number of phenols is 5. The molecule has 0 atom stereocenters. The van der Waals surface area contributed by atoms with Gasteiger partial charge in [-0.05, 0) is 240 Å². The van der Waals surface area contributed by atoms with Gasteiger partial charge >= 0.3 is 0 Å². The summed E-state index contributed by atoms with van der Waals surface area (Å²) in [6.07, 6.45) is 1.17. The van der Waals surface area contributed by atoms with E-state index in [2.05, 4.69) is 343 Å². The van der Waals surface area contributed by atoms with E-state index in [-0.39, 0.29) is 35.4 Å². The van der Waals surface area contributed by atoms with Gasteiger partial charge in [-0.3, -0.25) is 0 Å². The number of para-hydroxylation sites is 15. The van der Waals surface area contributed by atoms with E-state index in [4.69, 9.17) is 48.2 Å². The van der Waals surface area contributed by atoms with Crippen LogP contribution in [0.4, 0.5) is 62.6 Å². The molecule has 0 aliphatic carbocycles. The molecule has 0 radical (unpaired) electrons. The molecule has 20 aromatic rings. The molecule has 0 bridgehead atoms. The summed E-state index contributed by atoms with van der Waals surface area (Å²) in [7, 11) is 10.5. The Hall–Kier alpha value is -13.6. The van der Waals surface area contributed by atoms with Crippen molar-refractivity contribution in [2.24, 2.45) is 7.05 Å². The summed E-state index contributed by atoms with van der Waals surface area (Å²) in [5.74, 6) is 0.514. The van der Waals surface area contributed by atoms with Gasteiger partial charge in [0, 0.05) is 83.3 Å². The number of aromatic hydroxyl groups is 5. The predicted molar refractivity (Wildman–Crippen MR) is 582 cm³/mol. The van der Waals surface area contributed by atoms with Crippen molar-refractivity contribution >= 4 is 220 Å². The lowest BCUT2D eigenvalue weighted by Gasteiger charge is -2.33. The van der Waals surface area contributed by atoms with Gasteiger partial charge in [0.05, 0.1) is 97.5 Å². The summed E-state index contributed by atoms with van der Waals surface area (Å²) in [4.78, 5) is 28.7. The number of anilines is 11. The molecule has 0 saturated carbocycles. The molecule has 0 unspecified atom stereocenters. The zero-order valence-corrected chi connectivity index (χ0v) is 82.8. The fourth-order valence-electron chi connectivity index (χ4n) is 15.2. The number of nitrogens with zero attached hydrogens (tertiary/aromatic N) is 7. The van der Waals surface area contributed by atoms with Crippen molar-refractivity contribution in [3.63, 3.8) is 0 Å². The van der Waals surface area contributed by atoms with Gasteiger partial charge in [0.25, 0.3) is 0 Å². The van der Waals surface area contributed by atoms with Gasteiger partial charge in [0.2, 0.25) is 0 Å². The summed E-state index contributed by atoms with van der Waals surface area (Å²) in [6.45, 7) is 6.29. The summed E-state index contributed by atoms with van der Waals surface area (Å²) >= 11 is 17.6. The first kappa shape index (κ1) is 97.0. The number of hydrogen-bond acceptors (Lipinski definition) is 23. The molecule has 684 valence electrons. The lowest BCUT2D eigenvalue weighted by Crippen LogP contribution is -2.25. The monoisotopic (exact) mass is 1960 g/mol. The summed E-state index contributed by atoms with van der Waals surface area (Å²) in [5.41, 5.74) is 22.3. The number of aromatic nitrogens is 3. The highest BCUT2D eigenvalue weighted by Gasteiger charge is 2.25. The highest BCUT2D eigenvalue weighted by Crippen LogP contribution is 2.52. The van der Waals surface area contributed by atoms with Gasteiger partial charge in [0.15, 0.2) is 44.2 Å². The van der Waals surface area contributed by atoms with Crippen LogP contribution in [0.3, 0.4) is 0 Å². The third-order valence-electron chi connectivity index (χ3n) is 21.9. The average molecular weight is 1960 g/mol. The number of thiazole rings is 3. The second kappa shape index (κ2) is 46.1. The Bertz CT molecular complexity index is 7090. The molecule has 3 aromatic heterocycles. The van der Waals surface area contributed by atoms with E-state index in [0.717, 1.165) is 66.7 Å². The summed E-state index contributed by atoms with van der Waals surface area (Å²) in [5, 5.41) is 57.6. The molecule has 0 spiro atoms. The number of fused-ring (bicyclic) bond motifs is 17.